The molecule has 4 nitrogen and oxygen atoms in total. The van der Waals surface area contributed by atoms with Gasteiger partial charge in [0.2, 0.25) is 0 Å². The Bertz CT molecular complexity index is 611. The lowest BCUT2D eigenvalue weighted by molar-refractivity contribution is 0.0956. The lowest BCUT2D eigenvalue weighted by Gasteiger charge is -2.25. The van der Waals surface area contributed by atoms with Gasteiger partial charge in [-0.1, -0.05) is 18.2 Å². The molecule has 0 bridgehead atoms. The minimum absolute atomic E-state index is 0.0807. The molecule has 110 valence electrons. The summed E-state index contributed by atoms with van der Waals surface area (Å²) in [7, 11) is 0. The zero-order valence-electron chi connectivity index (χ0n) is 12.5. The van der Waals surface area contributed by atoms with Crippen molar-refractivity contribution in [2.24, 2.45) is 0 Å². The van der Waals surface area contributed by atoms with Gasteiger partial charge in [0.1, 0.15) is 0 Å². The van der Waals surface area contributed by atoms with Crippen LogP contribution in [0.5, 0.6) is 0 Å². The van der Waals surface area contributed by atoms with E-state index in [1.165, 1.54) is 0 Å². The monoisotopic (exact) mass is 283 g/mol. The molecule has 2 rings (SSSR count). The zero-order chi connectivity index (χ0) is 15.2. The second kappa shape index (κ2) is 6.79. The molecule has 0 aromatic heterocycles. The molecule has 0 saturated carbocycles. The summed E-state index contributed by atoms with van der Waals surface area (Å²) in [6, 6.07) is 15.4. The quantitative estimate of drug-likeness (QED) is 0.829. The number of nitrogen functional groups attached to an aromatic ring is 1. The third kappa shape index (κ3) is 3.34. The number of para-hydroxylation sites is 1. The third-order valence-corrected chi connectivity index (χ3v) is 3.30. The molecular weight excluding hydrogens is 262 g/mol. The van der Waals surface area contributed by atoms with Crippen LogP contribution in [0.4, 0.5) is 17.1 Å². The van der Waals surface area contributed by atoms with Crippen molar-refractivity contribution in [2.45, 2.75) is 13.8 Å². The smallest absolute Gasteiger partial charge is 0.251 e. The van der Waals surface area contributed by atoms with Crippen molar-refractivity contribution < 1.29 is 4.79 Å². The number of carbonyl (C=O) groups is 1. The van der Waals surface area contributed by atoms with E-state index in [-0.39, 0.29) is 5.91 Å². The van der Waals surface area contributed by atoms with E-state index in [0.29, 0.717) is 17.8 Å². The molecule has 0 atom stereocenters. The van der Waals surface area contributed by atoms with Crippen LogP contribution in [-0.2, 0) is 0 Å². The van der Waals surface area contributed by atoms with Crippen LogP contribution >= 0.6 is 0 Å². The molecule has 0 aliphatic carbocycles. The molecule has 21 heavy (non-hydrogen) atoms. The minimum atomic E-state index is -0.0807. The Balaban J connectivity index is 2.41. The summed E-state index contributed by atoms with van der Waals surface area (Å²) < 4.78 is 0. The number of anilines is 3. The first-order valence-corrected chi connectivity index (χ1v) is 7.17. The van der Waals surface area contributed by atoms with Crippen molar-refractivity contribution in [3.63, 3.8) is 0 Å². The summed E-state index contributed by atoms with van der Waals surface area (Å²) in [5.74, 6) is -0.0807. The second-order valence-electron chi connectivity index (χ2n) is 4.71. The van der Waals surface area contributed by atoms with Crippen LogP contribution in [0.2, 0.25) is 0 Å². The topological polar surface area (TPSA) is 58.4 Å². The van der Waals surface area contributed by atoms with E-state index in [4.69, 9.17) is 5.73 Å². The molecule has 0 aliphatic rings. The van der Waals surface area contributed by atoms with Crippen LogP contribution in [0.15, 0.2) is 48.5 Å². The molecule has 0 heterocycles. The minimum Gasteiger partial charge on any atom is -0.397 e. The number of carbonyl (C=O) groups excluding carboxylic acids is 1. The standard InChI is InChI=1S/C17H21N3O/c1-3-19-17(21)13-10-11-15(18)16(12-13)20(4-2)14-8-6-5-7-9-14/h5-12H,3-4,18H2,1-2H3,(H,19,21). The number of nitrogens with two attached hydrogens (primary N) is 1. The Morgan fingerprint density at radius 3 is 2.48 bits per heavy atom. The van der Waals surface area contributed by atoms with E-state index in [9.17, 15) is 4.79 Å². The number of nitrogens with zero attached hydrogens (tertiary/aromatic N) is 1. The number of amides is 1. The Hall–Kier alpha value is -2.49. The van der Waals surface area contributed by atoms with Crippen molar-refractivity contribution in [2.75, 3.05) is 23.7 Å². The summed E-state index contributed by atoms with van der Waals surface area (Å²) in [6.45, 7) is 5.34. The Kier molecular flexibility index (Phi) is 4.82. The maximum Gasteiger partial charge on any atom is 0.251 e. The van der Waals surface area contributed by atoms with Gasteiger partial charge in [-0.05, 0) is 44.2 Å². The van der Waals surface area contributed by atoms with Crippen LogP contribution in [0.3, 0.4) is 0 Å². The zero-order valence-corrected chi connectivity index (χ0v) is 12.5. The fourth-order valence-corrected chi connectivity index (χ4v) is 2.28. The van der Waals surface area contributed by atoms with E-state index >= 15 is 0 Å². The average Bonchev–Trinajstić information content (AvgIpc) is 2.51. The largest absolute Gasteiger partial charge is 0.397 e. The lowest BCUT2D eigenvalue weighted by Crippen LogP contribution is -2.24. The highest BCUT2D eigenvalue weighted by molar-refractivity contribution is 5.96. The average molecular weight is 283 g/mol. The molecule has 0 aliphatic heterocycles. The van der Waals surface area contributed by atoms with E-state index in [0.717, 1.165) is 17.9 Å². The summed E-state index contributed by atoms with van der Waals surface area (Å²) in [5, 5.41) is 2.81. The molecule has 3 N–H and O–H groups in total. The van der Waals surface area contributed by atoms with Gasteiger partial charge in [0.05, 0.1) is 11.4 Å². The van der Waals surface area contributed by atoms with E-state index in [1.54, 1.807) is 12.1 Å². The lowest BCUT2D eigenvalue weighted by atomic mass is 10.1. The van der Waals surface area contributed by atoms with Crippen molar-refractivity contribution in [3.8, 4) is 0 Å². The van der Waals surface area contributed by atoms with Gasteiger partial charge in [-0.3, -0.25) is 4.79 Å². The van der Waals surface area contributed by atoms with Gasteiger partial charge in [0.25, 0.3) is 5.91 Å². The highest BCUT2D eigenvalue weighted by Gasteiger charge is 2.13. The van der Waals surface area contributed by atoms with Gasteiger partial charge in [0.15, 0.2) is 0 Å². The summed E-state index contributed by atoms with van der Waals surface area (Å²) in [4.78, 5) is 14.1. The summed E-state index contributed by atoms with van der Waals surface area (Å²) >= 11 is 0. The van der Waals surface area contributed by atoms with Crippen LogP contribution in [0.25, 0.3) is 0 Å². The van der Waals surface area contributed by atoms with Gasteiger partial charge in [-0.2, -0.15) is 0 Å². The van der Waals surface area contributed by atoms with Crippen LogP contribution in [0.1, 0.15) is 24.2 Å². The van der Waals surface area contributed by atoms with E-state index < -0.39 is 0 Å². The van der Waals surface area contributed by atoms with Crippen LogP contribution < -0.4 is 16.0 Å². The molecular formula is C17H21N3O. The molecule has 1 amide bonds. The molecule has 2 aromatic carbocycles. The predicted octanol–water partition coefficient (Wildman–Crippen LogP) is 3.18. The van der Waals surface area contributed by atoms with Crippen molar-refractivity contribution >= 4 is 23.0 Å². The van der Waals surface area contributed by atoms with E-state index in [2.05, 4.69) is 17.1 Å². The van der Waals surface area contributed by atoms with Gasteiger partial charge >= 0.3 is 0 Å². The van der Waals surface area contributed by atoms with Crippen molar-refractivity contribution in [1.82, 2.24) is 5.32 Å². The molecule has 2 aromatic rings. The number of hydrogen-bond acceptors (Lipinski definition) is 3. The molecule has 0 saturated heterocycles. The van der Waals surface area contributed by atoms with Gasteiger partial charge in [0, 0.05) is 24.3 Å². The molecule has 0 radical (unpaired) electrons. The number of benzene rings is 2. The Morgan fingerprint density at radius 2 is 1.86 bits per heavy atom. The maximum atomic E-state index is 12.0. The molecule has 0 unspecified atom stereocenters. The fourth-order valence-electron chi connectivity index (χ4n) is 2.28. The number of hydrogen-bond donors (Lipinski definition) is 2. The Labute approximate surface area is 125 Å². The molecule has 4 heteroatoms. The number of rotatable bonds is 5. The molecule has 0 fully saturated rings. The van der Waals surface area contributed by atoms with Crippen molar-refractivity contribution in [3.05, 3.63) is 54.1 Å². The first kappa shape index (κ1) is 14.9. The van der Waals surface area contributed by atoms with Gasteiger partial charge in [-0.15, -0.1) is 0 Å². The van der Waals surface area contributed by atoms with Gasteiger partial charge < -0.3 is 16.0 Å². The van der Waals surface area contributed by atoms with E-state index in [1.807, 2.05) is 43.3 Å². The summed E-state index contributed by atoms with van der Waals surface area (Å²) in [5.41, 5.74) is 9.30. The highest BCUT2D eigenvalue weighted by atomic mass is 16.1. The Morgan fingerprint density at radius 1 is 1.14 bits per heavy atom. The maximum absolute atomic E-state index is 12.0. The third-order valence-electron chi connectivity index (χ3n) is 3.30. The van der Waals surface area contributed by atoms with Gasteiger partial charge in [-0.25, -0.2) is 0 Å². The normalized spacial score (nSPS) is 10.2. The number of nitrogens with one attached hydrogen (secondary N) is 1. The SMILES string of the molecule is CCNC(=O)c1ccc(N)c(N(CC)c2ccccc2)c1. The predicted molar refractivity (Wildman–Crippen MR) is 88.0 cm³/mol. The second-order valence-corrected chi connectivity index (χ2v) is 4.71. The van der Waals surface area contributed by atoms with Crippen molar-refractivity contribution in [1.29, 1.82) is 0 Å². The first-order chi connectivity index (χ1) is 10.2. The molecule has 0 spiro atoms. The summed E-state index contributed by atoms with van der Waals surface area (Å²) in [6.07, 6.45) is 0. The highest BCUT2D eigenvalue weighted by Crippen LogP contribution is 2.31. The fraction of sp³-hybridized carbons (Fsp3) is 0.235. The van der Waals surface area contributed by atoms with Crippen LogP contribution in [0, 0.1) is 0 Å². The van der Waals surface area contributed by atoms with Crippen LogP contribution in [-0.4, -0.2) is 19.0 Å². The first-order valence-electron chi connectivity index (χ1n) is 7.17.